The summed E-state index contributed by atoms with van der Waals surface area (Å²) in [7, 11) is 2.00. The summed E-state index contributed by atoms with van der Waals surface area (Å²) in [5.74, 6) is 0. The molecule has 2 aromatic carbocycles. The Bertz CT molecular complexity index is 791. The molecular formula is C18H19N3S2. The van der Waals surface area contributed by atoms with E-state index in [1.165, 1.54) is 10.3 Å². The summed E-state index contributed by atoms with van der Waals surface area (Å²) in [5, 5.41) is 5.05. The molecule has 3 nitrogen and oxygen atoms in total. The first-order valence-electron chi connectivity index (χ1n) is 7.50. The third-order valence-electron chi connectivity index (χ3n) is 3.87. The van der Waals surface area contributed by atoms with Gasteiger partial charge in [-0.05, 0) is 50.3 Å². The molecule has 1 atom stereocenters. The topological polar surface area (TPSA) is 28.2 Å². The van der Waals surface area contributed by atoms with Crippen LogP contribution in [0.1, 0.15) is 23.5 Å². The van der Waals surface area contributed by atoms with Gasteiger partial charge in [-0.25, -0.2) is 4.98 Å². The van der Waals surface area contributed by atoms with Crippen molar-refractivity contribution in [3.8, 4) is 0 Å². The van der Waals surface area contributed by atoms with Crippen molar-refractivity contribution in [2.45, 2.75) is 19.9 Å². The molecule has 0 saturated carbocycles. The lowest BCUT2D eigenvalue weighted by atomic mass is 10.2. The summed E-state index contributed by atoms with van der Waals surface area (Å²) in [5.41, 5.74) is 3.28. The van der Waals surface area contributed by atoms with E-state index in [4.69, 9.17) is 17.2 Å². The zero-order valence-electron chi connectivity index (χ0n) is 13.4. The number of anilines is 1. The number of fused-ring (bicyclic) bond motifs is 1. The van der Waals surface area contributed by atoms with E-state index in [9.17, 15) is 0 Å². The highest BCUT2D eigenvalue weighted by Crippen LogP contribution is 2.29. The van der Waals surface area contributed by atoms with Crippen LogP contribution in [-0.4, -0.2) is 22.0 Å². The van der Waals surface area contributed by atoms with Crippen LogP contribution >= 0.6 is 23.6 Å². The van der Waals surface area contributed by atoms with Gasteiger partial charge in [0, 0.05) is 12.7 Å². The van der Waals surface area contributed by atoms with Gasteiger partial charge < -0.3 is 10.2 Å². The maximum atomic E-state index is 5.54. The van der Waals surface area contributed by atoms with Crippen molar-refractivity contribution >= 4 is 44.6 Å². The molecule has 0 fully saturated rings. The number of para-hydroxylation sites is 1. The monoisotopic (exact) mass is 341 g/mol. The molecule has 0 aliphatic rings. The normalized spacial score (nSPS) is 12.1. The number of nitrogens with zero attached hydrogens (tertiary/aromatic N) is 2. The van der Waals surface area contributed by atoms with Crippen LogP contribution < -0.4 is 5.32 Å². The molecule has 0 aliphatic carbocycles. The van der Waals surface area contributed by atoms with Crippen molar-refractivity contribution in [3.63, 3.8) is 0 Å². The molecule has 5 heteroatoms. The molecule has 3 aromatic rings. The second-order valence-corrected chi connectivity index (χ2v) is 7.05. The minimum absolute atomic E-state index is 0.123. The number of thiazole rings is 1. The summed E-state index contributed by atoms with van der Waals surface area (Å²) < 4.78 is 1.21. The number of nitrogens with one attached hydrogen (secondary N) is 1. The first-order chi connectivity index (χ1) is 11.0. The Morgan fingerprint density at radius 1 is 1.17 bits per heavy atom. The van der Waals surface area contributed by atoms with Gasteiger partial charge >= 0.3 is 0 Å². The van der Waals surface area contributed by atoms with Crippen molar-refractivity contribution in [3.05, 3.63) is 59.1 Å². The fraction of sp³-hybridized carbons (Fsp3) is 0.222. The summed E-state index contributed by atoms with van der Waals surface area (Å²) in [4.78, 5) is 6.77. The molecule has 0 radical (unpaired) electrons. The van der Waals surface area contributed by atoms with Gasteiger partial charge in [0.2, 0.25) is 0 Å². The maximum absolute atomic E-state index is 5.54. The van der Waals surface area contributed by atoms with Crippen molar-refractivity contribution in [2.75, 3.05) is 12.4 Å². The van der Waals surface area contributed by atoms with E-state index >= 15 is 0 Å². The predicted octanol–water partition coefficient (Wildman–Crippen LogP) is 4.99. The number of benzene rings is 2. The number of thiocarbonyl (C=S) groups is 1. The maximum Gasteiger partial charge on any atom is 0.173 e. The van der Waals surface area contributed by atoms with Crippen LogP contribution in [-0.2, 0) is 0 Å². The fourth-order valence-corrected chi connectivity index (χ4v) is 3.60. The molecule has 3 rings (SSSR count). The van der Waals surface area contributed by atoms with Gasteiger partial charge in [-0.15, -0.1) is 11.3 Å². The minimum atomic E-state index is 0.123. The Kier molecular flexibility index (Phi) is 4.59. The Hall–Kier alpha value is -1.98. The zero-order valence-corrected chi connectivity index (χ0v) is 15.0. The first kappa shape index (κ1) is 15.9. The number of hydrogen-bond acceptors (Lipinski definition) is 3. The molecule has 0 spiro atoms. The van der Waals surface area contributed by atoms with E-state index < -0.39 is 0 Å². The van der Waals surface area contributed by atoms with Crippen LogP contribution in [0.2, 0.25) is 0 Å². The Morgan fingerprint density at radius 2 is 1.87 bits per heavy atom. The van der Waals surface area contributed by atoms with Crippen LogP contribution in [0.3, 0.4) is 0 Å². The SMILES string of the molecule is Cc1ccc(NC(=S)N(C)[C@@H](C)c2nc3ccccc3s2)cc1. The lowest BCUT2D eigenvalue weighted by molar-refractivity contribution is 0.407. The van der Waals surface area contributed by atoms with Gasteiger partial charge in [-0.3, -0.25) is 0 Å². The van der Waals surface area contributed by atoms with Gasteiger partial charge in [-0.1, -0.05) is 29.8 Å². The average Bonchev–Trinajstić information content (AvgIpc) is 2.99. The lowest BCUT2D eigenvalue weighted by Gasteiger charge is -2.26. The lowest BCUT2D eigenvalue weighted by Crippen LogP contribution is -2.33. The van der Waals surface area contributed by atoms with Crippen molar-refractivity contribution in [1.82, 2.24) is 9.88 Å². The molecule has 118 valence electrons. The number of rotatable bonds is 3. The third kappa shape index (κ3) is 3.51. The number of aryl methyl sites for hydroxylation is 1. The van der Waals surface area contributed by atoms with Crippen molar-refractivity contribution in [1.29, 1.82) is 0 Å². The second-order valence-electron chi connectivity index (χ2n) is 5.60. The highest BCUT2D eigenvalue weighted by atomic mass is 32.1. The van der Waals surface area contributed by atoms with Crippen molar-refractivity contribution < 1.29 is 0 Å². The second kappa shape index (κ2) is 6.64. The van der Waals surface area contributed by atoms with E-state index in [0.29, 0.717) is 5.11 Å². The molecule has 0 saturated heterocycles. The fourth-order valence-electron chi connectivity index (χ4n) is 2.26. The highest BCUT2D eigenvalue weighted by molar-refractivity contribution is 7.80. The molecule has 1 heterocycles. The van der Waals surface area contributed by atoms with Crippen LogP contribution in [0.4, 0.5) is 5.69 Å². The summed E-state index contributed by atoms with van der Waals surface area (Å²) in [6.07, 6.45) is 0. The van der Waals surface area contributed by atoms with E-state index in [1.54, 1.807) is 11.3 Å². The van der Waals surface area contributed by atoms with Gasteiger partial charge in [0.1, 0.15) is 5.01 Å². The van der Waals surface area contributed by atoms with Crippen LogP contribution in [0.5, 0.6) is 0 Å². The minimum Gasteiger partial charge on any atom is -0.343 e. The molecule has 0 unspecified atom stereocenters. The quantitative estimate of drug-likeness (QED) is 0.679. The molecule has 0 bridgehead atoms. The van der Waals surface area contributed by atoms with E-state index in [-0.39, 0.29) is 6.04 Å². The summed E-state index contributed by atoms with van der Waals surface area (Å²) >= 11 is 7.26. The average molecular weight is 342 g/mol. The Morgan fingerprint density at radius 3 is 2.57 bits per heavy atom. The standard InChI is InChI=1S/C18H19N3S2/c1-12-8-10-14(11-9-12)19-18(22)21(3)13(2)17-20-15-6-4-5-7-16(15)23-17/h4-11,13H,1-3H3,(H,19,22)/t13-/m0/s1. The van der Waals surface area contributed by atoms with Gasteiger partial charge in [0.05, 0.1) is 16.3 Å². The van der Waals surface area contributed by atoms with Gasteiger partial charge in [0.25, 0.3) is 0 Å². The molecule has 1 N–H and O–H groups in total. The molecule has 0 aliphatic heterocycles. The van der Waals surface area contributed by atoms with Crippen LogP contribution in [0, 0.1) is 6.92 Å². The molecule has 0 amide bonds. The van der Waals surface area contributed by atoms with E-state index in [2.05, 4.69) is 37.4 Å². The van der Waals surface area contributed by atoms with Gasteiger partial charge in [-0.2, -0.15) is 0 Å². The number of aromatic nitrogens is 1. The smallest absolute Gasteiger partial charge is 0.173 e. The molecule has 1 aromatic heterocycles. The first-order valence-corrected chi connectivity index (χ1v) is 8.73. The zero-order chi connectivity index (χ0) is 16.4. The molecule has 23 heavy (non-hydrogen) atoms. The summed E-state index contributed by atoms with van der Waals surface area (Å²) in [6, 6.07) is 16.6. The Balaban J connectivity index is 1.74. The molecular weight excluding hydrogens is 322 g/mol. The van der Waals surface area contributed by atoms with Crippen molar-refractivity contribution in [2.24, 2.45) is 0 Å². The number of hydrogen-bond donors (Lipinski definition) is 1. The third-order valence-corrected chi connectivity index (χ3v) is 5.47. The Labute approximate surface area is 146 Å². The summed E-state index contributed by atoms with van der Waals surface area (Å²) in [6.45, 7) is 4.20. The van der Waals surface area contributed by atoms with E-state index in [1.807, 2.05) is 42.3 Å². The van der Waals surface area contributed by atoms with E-state index in [0.717, 1.165) is 16.2 Å². The largest absolute Gasteiger partial charge is 0.343 e. The van der Waals surface area contributed by atoms with Gasteiger partial charge in [0.15, 0.2) is 5.11 Å². The highest BCUT2D eigenvalue weighted by Gasteiger charge is 2.18. The van der Waals surface area contributed by atoms with Crippen LogP contribution in [0.15, 0.2) is 48.5 Å². The predicted molar refractivity (Wildman–Crippen MR) is 103 cm³/mol. The van der Waals surface area contributed by atoms with Crippen LogP contribution in [0.25, 0.3) is 10.2 Å².